The van der Waals surface area contributed by atoms with Crippen LogP contribution >= 0.6 is 11.3 Å². The number of nitrogens with one attached hydrogen (secondary N) is 2. The number of hydrogen-bond acceptors (Lipinski definition) is 4. The molecule has 2 amide bonds. The highest BCUT2D eigenvalue weighted by Crippen LogP contribution is 2.25. The molecule has 1 aromatic carbocycles. The van der Waals surface area contributed by atoms with Gasteiger partial charge in [-0.3, -0.25) is 14.3 Å². The molecule has 0 saturated heterocycles. The summed E-state index contributed by atoms with van der Waals surface area (Å²) in [5.74, 6) is -0.461. The minimum Gasteiger partial charge on any atom is -0.326 e. The Labute approximate surface area is 143 Å². The van der Waals surface area contributed by atoms with E-state index in [0.29, 0.717) is 17.1 Å². The van der Waals surface area contributed by atoms with Gasteiger partial charge in [-0.2, -0.15) is 5.10 Å². The highest BCUT2D eigenvalue weighted by atomic mass is 32.1. The van der Waals surface area contributed by atoms with Gasteiger partial charge in [-0.1, -0.05) is 12.1 Å². The molecule has 2 N–H and O–H groups in total. The minimum atomic E-state index is -0.298. The first kappa shape index (κ1) is 15.9. The summed E-state index contributed by atoms with van der Waals surface area (Å²) in [4.78, 5) is 24.6. The summed E-state index contributed by atoms with van der Waals surface area (Å²) in [7, 11) is 1.81. The first-order valence-corrected chi connectivity index (χ1v) is 8.18. The molecule has 122 valence electrons. The third-order valence-corrected chi connectivity index (χ3v) is 4.22. The highest BCUT2D eigenvalue weighted by molar-refractivity contribution is 7.13. The maximum atomic E-state index is 12.4. The van der Waals surface area contributed by atoms with Crippen molar-refractivity contribution in [2.24, 2.45) is 7.05 Å². The molecule has 2 aromatic heterocycles. The number of hydrogen-bond donors (Lipinski definition) is 2. The van der Waals surface area contributed by atoms with Gasteiger partial charge >= 0.3 is 0 Å². The van der Waals surface area contributed by atoms with Gasteiger partial charge in [-0.15, -0.1) is 11.3 Å². The lowest BCUT2D eigenvalue weighted by molar-refractivity contribution is -0.114. The third-order valence-electron chi connectivity index (χ3n) is 3.33. The van der Waals surface area contributed by atoms with Crippen molar-refractivity contribution < 1.29 is 9.59 Å². The lowest BCUT2D eigenvalue weighted by Crippen LogP contribution is -2.13. The molecule has 24 heavy (non-hydrogen) atoms. The molecule has 3 rings (SSSR count). The normalized spacial score (nSPS) is 10.4. The lowest BCUT2D eigenvalue weighted by atomic mass is 10.2. The number of anilines is 2. The van der Waals surface area contributed by atoms with E-state index in [1.54, 1.807) is 46.4 Å². The van der Waals surface area contributed by atoms with Gasteiger partial charge in [0.15, 0.2) is 5.69 Å². The first-order chi connectivity index (χ1) is 11.5. The predicted octanol–water partition coefficient (Wildman–Crippen LogP) is 3.36. The molecule has 0 aliphatic carbocycles. The Morgan fingerprint density at radius 2 is 1.83 bits per heavy atom. The van der Waals surface area contributed by atoms with E-state index in [4.69, 9.17) is 0 Å². The molecule has 0 bridgehead atoms. The number of carbonyl (C=O) groups excluding carboxylic acids is 2. The highest BCUT2D eigenvalue weighted by Gasteiger charge is 2.14. The van der Waals surface area contributed by atoms with Crippen molar-refractivity contribution in [3.63, 3.8) is 0 Å². The third kappa shape index (κ3) is 3.52. The number of aryl methyl sites for hydroxylation is 1. The molecule has 0 saturated carbocycles. The SMILES string of the molecule is CC(=O)Nc1cccc(NC(=O)c2cc(-c3cccs3)n(C)n2)c1. The van der Waals surface area contributed by atoms with Gasteiger partial charge in [0.1, 0.15) is 0 Å². The van der Waals surface area contributed by atoms with Gasteiger partial charge in [0.25, 0.3) is 5.91 Å². The largest absolute Gasteiger partial charge is 0.326 e. The Morgan fingerprint density at radius 3 is 2.50 bits per heavy atom. The van der Waals surface area contributed by atoms with Gasteiger partial charge in [0, 0.05) is 25.3 Å². The molecule has 0 unspecified atom stereocenters. The molecule has 7 heteroatoms. The number of amides is 2. The zero-order valence-electron chi connectivity index (χ0n) is 13.2. The van der Waals surface area contributed by atoms with E-state index in [1.807, 2.05) is 24.6 Å². The van der Waals surface area contributed by atoms with E-state index in [-0.39, 0.29) is 11.8 Å². The van der Waals surface area contributed by atoms with Crippen LogP contribution in [0.5, 0.6) is 0 Å². The molecule has 0 atom stereocenters. The predicted molar refractivity (Wildman–Crippen MR) is 95.2 cm³/mol. The Balaban J connectivity index is 1.78. The van der Waals surface area contributed by atoms with Crippen molar-refractivity contribution in [3.8, 4) is 10.6 Å². The van der Waals surface area contributed by atoms with Gasteiger partial charge < -0.3 is 10.6 Å². The van der Waals surface area contributed by atoms with Crippen molar-refractivity contribution in [2.45, 2.75) is 6.92 Å². The summed E-state index contributed by atoms with van der Waals surface area (Å²) < 4.78 is 1.69. The van der Waals surface area contributed by atoms with E-state index in [1.165, 1.54) is 6.92 Å². The number of thiophene rings is 1. The van der Waals surface area contributed by atoms with Crippen LogP contribution in [0.2, 0.25) is 0 Å². The molecule has 6 nitrogen and oxygen atoms in total. The summed E-state index contributed by atoms with van der Waals surface area (Å²) in [6, 6.07) is 12.7. The quantitative estimate of drug-likeness (QED) is 0.764. The fourth-order valence-electron chi connectivity index (χ4n) is 2.31. The van der Waals surface area contributed by atoms with Gasteiger partial charge in [0.05, 0.1) is 10.6 Å². The molecule has 2 heterocycles. The average Bonchev–Trinajstić information content (AvgIpc) is 3.16. The molecular weight excluding hydrogens is 324 g/mol. The van der Waals surface area contributed by atoms with Crippen molar-refractivity contribution >= 4 is 34.5 Å². The number of carbonyl (C=O) groups is 2. The topological polar surface area (TPSA) is 76.0 Å². The van der Waals surface area contributed by atoms with E-state index >= 15 is 0 Å². The maximum absolute atomic E-state index is 12.4. The van der Waals surface area contributed by atoms with Crippen LogP contribution in [0.4, 0.5) is 11.4 Å². The van der Waals surface area contributed by atoms with E-state index in [0.717, 1.165) is 10.6 Å². The molecule has 0 fully saturated rings. The van der Waals surface area contributed by atoms with Crippen LogP contribution in [0.3, 0.4) is 0 Å². The maximum Gasteiger partial charge on any atom is 0.276 e. The Bertz CT molecular complexity index is 884. The zero-order valence-corrected chi connectivity index (χ0v) is 14.1. The van der Waals surface area contributed by atoms with Crippen molar-refractivity contribution in [3.05, 3.63) is 53.5 Å². The number of aromatic nitrogens is 2. The standard InChI is InChI=1S/C17H16N4O2S/c1-11(22)18-12-5-3-6-13(9-12)19-17(23)14-10-15(21(2)20-14)16-7-4-8-24-16/h3-10H,1-2H3,(H,18,22)(H,19,23). The van der Waals surface area contributed by atoms with E-state index in [9.17, 15) is 9.59 Å². The van der Waals surface area contributed by atoms with Crippen LogP contribution in [0.1, 0.15) is 17.4 Å². The van der Waals surface area contributed by atoms with Gasteiger partial charge in [0.2, 0.25) is 5.91 Å². The molecule has 0 radical (unpaired) electrons. The molecule has 0 aliphatic rings. The van der Waals surface area contributed by atoms with E-state index < -0.39 is 0 Å². The lowest BCUT2D eigenvalue weighted by Gasteiger charge is -2.06. The van der Waals surface area contributed by atoms with Gasteiger partial charge in [-0.05, 0) is 35.7 Å². The molecule has 0 aliphatic heterocycles. The summed E-state index contributed by atoms with van der Waals surface area (Å²) >= 11 is 1.59. The van der Waals surface area contributed by atoms with Crippen LogP contribution in [0, 0.1) is 0 Å². The monoisotopic (exact) mass is 340 g/mol. The molecule has 3 aromatic rings. The smallest absolute Gasteiger partial charge is 0.276 e. The summed E-state index contributed by atoms with van der Waals surface area (Å²) in [5.41, 5.74) is 2.45. The fourth-order valence-corrected chi connectivity index (χ4v) is 3.08. The summed E-state index contributed by atoms with van der Waals surface area (Å²) in [6.45, 7) is 1.44. The number of rotatable bonds is 4. The summed E-state index contributed by atoms with van der Waals surface area (Å²) in [5, 5.41) is 11.7. The second kappa shape index (κ2) is 6.67. The van der Waals surface area contributed by atoms with Gasteiger partial charge in [-0.25, -0.2) is 0 Å². The minimum absolute atomic E-state index is 0.163. The average molecular weight is 340 g/mol. The van der Waals surface area contributed by atoms with Crippen LogP contribution in [-0.4, -0.2) is 21.6 Å². The molecule has 0 spiro atoms. The van der Waals surface area contributed by atoms with Crippen LogP contribution in [0.25, 0.3) is 10.6 Å². The Kier molecular flexibility index (Phi) is 4.43. The number of benzene rings is 1. The second-order valence-electron chi connectivity index (χ2n) is 5.23. The second-order valence-corrected chi connectivity index (χ2v) is 6.18. The fraction of sp³-hybridized carbons (Fsp3) is 0.118. The van der Waals surface area contributed by atoms with Crippen LogP contribution in [-0.2, 0) is 11.8 Å². The Hall–Kier alpha value is -2.93. The zero-order chi connectivity index (χ0) is 17.1. The van der Waals surface area contributed by atoms with E-state index in [2.05, 4.69) is 15.7 Å². The van der Waals surface area contributed by atoms with Crippen molar-refractivity contribution in [2.75, 3.05) is 10.6 Å². The van der Waals surface area contributed by atoms with Crippen molar-refractivity contribution in [1.82, 2.24) is 9.78 Å². The molecular formula is C17H16N4O2S. The van der Waals surface area contributed by atoms with Crippen LogP contribution in [0.15, 0.2) is 47.8 Å². The van der Waals surface area contributed by atoms with Crippen LogP contribution < -0.4 is 10.6 Å². The summed E-state index contributed by atoms with van der Waals surface area (Å²) in [6.07, 6.45) is 0. The first-order valence-electron chi connectivity index (χ1n) is 7.30. The Morgan fingerprint density at radius 1 is 1.08 bits per heavy atom. The number of nitrogens with zero attached hydrogens (tertiary/aromatic N) is 2. The van der Waals surface area contributed by atoms with Crippen molar-refractivity contribution in [1.29, 1.82) is 0 Å².